The van der Waals surface area contributed by atoms with Crippen molar-refractivity contribution in [3.8, 4) is 11.5 Å². The van der Waals surface area contributed by atoms with Gasteiger partial charge in [0.05, 0.1) is 6.04 Å². The first-order chi connectivity index (χ1) is 17.6. The van der Waals surface area contributed by atoms with Crippen LogP contribution in [0.4, 0.5) is 0 Å². The minimum absolute atomic E-state index is 0.100. The predicted octanol–water partition coefficient (Wildman–Crippen LogP) is 4.94. The fourth-order valence-corrected chi connectivity index (χ4v) is 6.82. The first kappa shape index (κ1) is 26.9. The van der Waals surface area contributed by atoms with Gasteiger partial charge in [-0.25, -0.2) is 0 Å². The molecule has 8 heteroatoms. The molecule has 0 bridgehead atoms. The maximum Gasteiger partial charge on any atom is 0.252 e. The van der Waals surface area contributed by atoms with Crippen molar-refractivity contribution in [1.82, 2.24) is 15.4 Å². The van der Waals surface area contributed by atoms with Crippen LogP contribution < -0.4 is 20.1 Å². The molecule has 4 rings (SSSR count). The van der Waals surface area contributed by atoms with Crippen molar-refractivity contribution in [3.63, 3.8) is 0 Å². The summed E-state index contributed by atoms with van der Waals surface area (Å²) in [7, 11) is 0. The van der Waals surface area contributed by atoms with Gasteiger partial charge in [-0.1, -0.05) is 49.6 Å². The van der Waals surface area contributed by atoms with Crippen molar-refractivity contribution >= 4 is 35.5 Å². The zero-order valence-corrected chi connectivity index (χ0v) is 22.5. The Morgan fingerprint density at radius 2 is 1.78 bits per heavy atom. The molecule has 0 spiro atoms. The molecule has 1 saturated heterocycles. The van der Waals surface area contributed by atoms with Gasteiger partial charge in [-0.2, -0.15) is 11.8 Å². The van der Waals surface area contributed by atoms with Crippen LogP contribution in [0.1, 0.15) is 44.6 Å². The number of carbonyl (C=O) groups excluding carboxylic acids is 2. The Morgan fingerprint density at radius 3 is 2.47 bits per heavy atom. The van der Waals surface area contributed by atoms with Crippen molar-refractivity contribution in [3.05, 3.63) is 60.2 Å². The number of thioether (sulfide) groups is 1. The lowest BCUT2D eigenvalue weighted by Crippen LogP contribution is -2.53. The highest BCUT2D eigenvalue weighted by Gasteiger charge is 2.28. The van der Waals surface area contributed by atoms with Gasteiger partial charge in [-0.15, -0.1) is 0 Å². The average Bonchev–Trinajstić information content (AvgIpc) is 2.93. The van der Waals surface area contributed by atoms with Crippen LogP contribution >= 0.6 is 23.7 Å². The van der Waals surface area contributed by atoms with Crippen LogP contribution in [0.15, 0.2) is 54.6 Å². The quantitative estimate of drug-likeness (QED) is 0.380. The lowest BCUT2D eigenvalue weighted by atomic mass is 9.85. The number of rotatable bonds is 10. The van der Waals surface area contributed by atoms with E-state index in [4.69, 9.17) is 4.74 Å². The molecular formula is C28H37N3O3S2. The number of ether oxygens (including phenoxy) is 1. The van der Waals surface area contributed by atoms with Crippen LogP contribution in [-0.2, 0) is 16.0 Å². The third-order valence-corrected chi connectivity index (χ3v) is 9.05. The zero-order valence-electron chi connectivity index (χ0n) is 20.9. The molecule has 1 aliphatic carbocycles. The molecule has 1 aliphatic heterocycles. The van der Waals surface area contributed by atoms with E-state index in [0.29, 0.717) is 5.92 Å². The third kappa shape index (κ3) is 8.18. The van der Waals surface area contributed by atoms with Crippen LogP contribution in [0, 0.1) is 5.92 Å². The summed E-state index contributed by atoms with van der Waals surface area (Å²) in [5, 5.41) is 6.38. The molecule has 2 aromatic carbocycles. The number of para-hydroxylation sites is 1. The molecular weight excluding hydrogens is 490 g/mol. The number of amides is 2. The maximum absolute atomic E-state index is 12.8. The highest BCUT2D eigenvalue weighted by Crippen LogP contribution is 2.34. The molecule has 1 saturated carbocycles. The van der Waals surface area contributed by atoms with Gasteiger partial charge in [0.1, 0.15) is 17.5 Å². The molecule has 6 nitrogen and oxygen atoms in total. The van der Waals surface area contributed by atoms with E-state index in [1.165, 1.54) is 49.6 Å². The summed E-state index contributed by atoms with van der Waals surface area (Å²) in [5.74, 6) is 3.71. The molecule has 1 unspecified atom stereocenters. The third-order valence-electron chi connectivity index (χ3n) is 6.82. The van der Waals surface area contributed by atoms with E-state index >= 15 is 0 Å². The Kier molecular flexibility index (Phi) is 10.4. The van der Waals surface area contributed by atoms with Crippen LogP contribution in [-0.4, -0.2) is 47.2 Å². The van der Waals surface area contributed by atoms with Gasteiger partial charge in [0.25, 0.3) is 5.91 Å². The summed E-state index contributed by atoms with van der Waals surface area (Å²) in [6.07, 6.45) is 7.06. The largest absolute Gasteiger partial charge is 0.457 e. The highest BCUT2D eigenvalue weighted by molar-refractivity contribution is 7.99. The number of benzene rings is 2. The van der Waals surface area contributed by atoms with Gasteiger partial charge in [-0.05, 0) is 73.9 Å². The normalized spacial score (nSPS) is 20.2. The Bertz CT molecular complexity index is 962. The topological polar surface area (TPSA) is 79.5 Å². The molecule has 2 aromatic rings. The molecule has 36 heavy (non-hydrogen) atoms. The van der Waals surface area contributed by atoms with Crippen molar-refractivity contribution in [1.29, 1.82) is 0 Å². The highest BCUT2D eigenvalue weighted by atomic mass is 32.2. The molecule has 2 aliphatic rings. The van der Waals surface area contributed by atoms with Gasteiger partial charge in [0.15, 0.2) is 0 Å². The number of carbonyl (C=O) groups is 2. The van der Waals surface area contributed by atoms with Crippen LogP contribution in [0.5, 0.6) is 11.5 Å². The van der Waals surface area contributed by atoms with Gasteiger partial charge in [0.2, 0.25) is 5.91 Å². The van der Waals surface area contributed by atoms with Crippen molar-refractivity contribution in [2.45, 2.75) is 62.8 Å². The maximum atomic E-state index is 12.8. The summed E-state index contributed by atoms with van der Waals surface area (Å²) < 4.78 is 9.00. The molecule has 3 atom stereocenters. The molecule has 0 radical (unpaired) electrons. The lowest BCUT2D eigenvalue weighted by Gasteiger charge is -2.30. The SMILES string of the molecule is C[C@@H](NC(=O)[C@H]1CSCCN1)C(=O)NSC(Cc1ccc(Oc2ccccc2)cc1)C1CCCCC1. The summed E-state index contributed by atoms with van der Waals surface area (Å²) in [4.78, 5) is 25.3. The van der Waals surface area contributed by atoms with E-state index in [1.54, 1.807) is 18.7 Å². The van der Waals surface area contributed by atoms with Gasteiger partial charge in [0, 0.05) is 23.3 Å². The Labute approximate surface area is 223 Å². The lowest BCUT2D eigenvalue weighted by molar-refractivity contribution is -0.128. The summed E-state index contributed by atoms with van der Waals surface area (Å²) in [6.45, 7) is 2.58. The minimum Gasteiger partial charge on any atom is -0.457 e. The van der Waals surface area contributed by atoms with Gasteiger partial charge >= 0.3 is 0 Å². The van der Waals surface area contributed by atoms with Crippen LogP contribution in [0.25, 0.3) is 0 Å². The second-order valence-electron chi connectivity index (χ2n) is 9.60. The molecule has 3 N–H and O–H groups in total. The van der Waals surface area contributed by atoms with Crippen molar-refractivity contribution in [2.24, 2.45) is 5.92 Å². The van der Waals surface area contributed by atoms with Crippen molar-refractivity contribution in [2.75, 3.05) is 18.1 Å². The second-order valence-corrected chi connectivity index (χ2v) is 11.8. The summed E-state index contributed by atoms with van der Waals surface area (Å²) in [6, 6.07) is 17.3. The molecule has 2 fully saturated rings. The number of hydrogen-bond donors (Lipinski definition) is 3. The Hall–Kier alpha value is -2.16. The molecule has 0 aromatic heterocycles. The molecule has 1 heterocycles. The van der Waals surface area contributed by atoms with E-state index in [0.717, 1.165) is 36.0 Å². The van der Waals surface area contributed by atoms with E-state index in [1.807, 2.05) is 42.5 Å². The monoisotopic (exact) mass is 527 g/mol. The summed E-state index contributed by atoms with van der Waals surface area (Å²) >= 11 is 3.29. The summed E-state index contributed by atoms with van der Waals surface area (Å²) in [5.41, 5.74) is 1.23. The van der Waals surface area contributed by atoms with Crippen LogP contribution in [0.2, 0.25) is 0 Å². The number of hydrogen-bond acceptors (Lipinski definition) is 6. The Balaban J connectivity index is 1.32. The van der Waals surface area contributed by atoms with E-state index in [9.17, 15) is 9.59 Å². The first-order valence-corrected chi connectivity index (χ1v) is 15.0. The average molecular weight is 528 g/mol. The smallest absolute Gasteiger partial charge is 0.252 e. The van der Waals surface area contributed by atoms with E-state index < -0.39 is 6.04 Å². The molecule has 194 valence electrons. The fourth-order valence-electron chi connectivity index (χ4n) is 4.70. The number of nitrogens with one attached hydrogen (secondary N) is 3. The molecule has 2 amide bonds. The first-order valence-electron chi connectivity index (χ1n) is 13.0. The van der Waals surface area contributed by atoms with Crippen molar-refractivity contribution < 1.29 is 14.3 Å². The van der Waals surface area contributed by atoms with E-state index in [-0.39, 0.29) is 23.1 Å². The van der Waals surface area contributed by atoms with Gasteiger partial charge < -0.3 is 15.4 Å². The van der Waals surface area contributed by atoms with Gasteiger partial charge in [-0.3, -0.25) is 14.3 Å². The minimum atomic E-state index is -0.569. The Morgan fingerprint density at radius 1 is 1.06 bits per heavy atom. The van der Waals surface area contributed by atoms with E-state index in [2.05, 4.69) is 27.5 Å². The van der Waals surface area contributed by atoms with Crippen LogP contribution in [0.3, 0.4) is 0 Å². The zero-order chi connectivity index (χ0) is 25.2. The standard InChI is InChI=1S/C28H37N3O3S2/c1-20(30-28(33)25-19-35-17-16-29-25)27(32)31-36-26(22-8-4-2-5-9-22)18-21-12-14-24(15-13-21)34-23-10-6-3-7-11-23/h3,6-7,10-15,20,22,25-26,29H,2,4-5,8-9,16-19H2,1H3,(H,30,33)(H,31,32)/t20-,25-,26?/m1/s1. The predicted molar refractivity (Wildman–Crippen MR) is 149 cm³/mol. The fraction of sp³-hybridized carbons (Fsp3) is 0.500. The second kappa shape index (κ2) is 14.0.